The normalized spacial score (nSPS) is 12.2. The summed E-state index contributed by atoms with van der Waals surface area (Å²) < 4.78 is 11.2. The Morgan fingerprint density at radius 1 is 0.909 bits per heavy atom. The number of carbonyl (C=O) groups is 2. The molecule has 0 aromatic heterocycles. The van der Waals surface area contributed by atoms with Crippen molar-refractivity contribution in [1.29, 1.82) is 0 Å². The summed E-state index contributed by atoms with van der Waals surface area (Å²) in [4.78, 5) is 27.9. The molecule has 0 aliphatic carbocycles. The van der Waals surface area contributed by atoms with Crippen molar-refractivity contribution in [3.8, 4) is 11.5 Å². The van der Waals surface area contributed by atoms with Gasteiger partial charge in [0.2, 0.25) is 5.91 Å². The van der Waals surface area contributed by atoms with Gasteiger partial charge >= 0.3 is 0 Å². The monoisotopic (exact) mass is 444 g/mol. The number of carbonyl (C=O) groups excluding carboxylic acids is 2. The summed E-state index contributed by atoms with van der Waals surface area (Å²) in [6, 6.07) is 20.9. The van der Waals surface area contributed by atoms with Crippen LogP contribution in [0.3, 0.4) is 0 Å². The zero-order chi connectivity index (χ0) is 23.2. The number of amides is 2. The van der Waals surface area contributed by atoms with Gasteiger partial charge in [0.05, 0.1) is 0 Å². The Labute approximate surface area is 194 Å². The third-order valence-electron chi connectivity index (χ3n) is 5.56. The van der Waals surface area contributed by atoms with E-state index in [9.17, 15) is 9.59 Å². The lowest BCUT2D eigenvalue weighted by atomic mass is 10.1. The van der Waals surface area contributed by atoms with Crippen LogP contribution in [0.15, 0.2) is 66.7 Å². The first kappa shape index (κ1) is 22.4. The number of anilines is 1. The number of ether oxygens (including phenoxy) is 2. The van der Waals surface area contributed by atoms with Crippen molar-refractivity contribution in [2.24, 2.45) is 0 Å². The molecule has 0 saturated carbocycles. The topological polar surface area (TPSA) is 67.9 Å². The van der Waals surface area contributed by atoms with Crippen LogP contribution in [0.25, 0.3) is 0 Å². The maximum absolute atomic E-state index is 13.5. The lowest BCUT2D eigenvalue weighted by Crippen LogP contribution is -2.41. The fourth-order valence-corrected chi connectivity index (χ4v) is 3.90. The summed E-state index contributed by atoms with van der Waals surface area (Å²) in [5.74, 6) is 0.684. The average molecular weight is 445 g/mol. The number of hydrogen-bond acceptors (Lipinski definition) is 4. The molecule has 4 rings (SSSR count). The number of aryl methyl sites for hydroxylation is 2. The fraction of sp³-hybridized carbons (Fsp3) is 0.259. The lowest BCUT2D eigenvalue weighted by molar-refractivity contribution is -0.119. The Morgan fingerprint density at radius 3 is 2.42 bits per heavy atom. The summed E-state index contributed by atoms with van der Waals surface area (Å²) in [6.45, 7) is 5.29. The predicted octanol–water partition coefficient (Wildman–Crippen LogP) is 4.08. The second kappa shape index (κ2) is 10.2. The SMILES string of the molecule is Cc1ccc(N(CC(=O)NCCc2ccccc2)C(=O)c2ccc3c(c2)OCCO3)c(C)c1. The molecule has 1 N–H and O–H groups in total. The predicted molar refractivity (Wildman–Crippen MR) is 128 cm³/mol. The number of nitrogens with one attached hydrogen (secondary N) is 1. The Hall–Kier alpha value is -3.80. The molecular weight excluding hydrogens is 416 g/mol. The van der Waals surface area contributed by atoms with Gasteiger partial charge in [-0.25, -0.2) is 0 Å². The highest BCUT2D eigenvalue weighted by molar-refractivity contribution is 6.09. The number of benzene rings is 3. The molecule has 170 valence electrons. The first-order valence-corrected chi connectivity index (χ1v) is 11.1. The van der Waals surface area contributed by atoms with Crippen LogP contribution in [0.2, 0.25) is 0 Å². The van der Waals surface area contributed by atoms with Gasteiger partial charge in [-0.3, -0.25) is 14.5 Å². The molecule has 3 aromatic rings. The van der Waals surface area contributed by atoms with Gasteiger partial charge in [0.15, 0.2) is 11.5 Å². The van der Waals surface area contributed by atoms with Crippen LogP contribution in [0.5, 0.6) is 11.5 Å². The second-order valence-electron chi connectivity index (χ2n) is 8.13. The summed E-state index contributed by atoms with van der Waals surface area (Å²) in [7, 11) is 0. The minimum absolute atomic E-state index is 0.0774. The number of nitrogens with zero attached hydrogens (tertiary/aromatic N) is 1. The molecule has 0 atom stereocenters. The first-order chi connectivity index (χ1) is 16.0. The molecule has 0 saturated heterocycles. The van der Waals surface area contributed by atoms with Gasteiger partial charge in [-0.2, -0.15) is 0 Å². The Balaban J connectivity index is 1.53. The van der Waals surface area contributed by atoms with Gasteiger partial charge in [-0.1, -0.05) is 48.0 Å². The van der Waals surface area contributed by atoms with Gasteiger partial charge in [-0.15, -0.1) is 0 Å². The van der Waals surface area contributed by atoms with Gasteiger partial charge < -0.3 is 14.8 Å². The molecule has 1 aliphatic rings. The molecular formula is C27H28N2O4. The van der Waals surface area contributed by atoms with E-state index in [0.717, 1.165) is 23.1 Å². The third kappa shape index (κ3) is 5.52. The summed E-state index contributed by atoms with van der Waals surface area (Å²) in [5, 5.41) is 2.94. The van der Waals surface area contributed by atoms with Crippen molar-refractivity contribution in [2.75, 3.05) is 31.2 Å². The minimum Gasteiger partial charge on any atom is -0.486 e. The molecule has 0 radical (unpaired) electrons. The lowest BCUT2D eigenvalue weighted by Gasteiger charge is -2.25. The van der Waals surface area contributed by atoms with E-state index >= 15 is 0 Å². The smallest absolute Gasteiger partial charge is 0.258 e. The molecule has 6 heteroatoms. The zero-order valence-electron chi connectivity index (χ0n) is 19.0. The molecule has 0 spiro atoms. The molecule has 2 amide bonds. The molecule has 3 aromatic carbocycles. The van der Waals surface area contributed by atoms with Crippen LogP contribution in [-0.2, 0) is 11.2 Å². The molecule has 1 heterocycles. The molecule has 0 bridgehead atoms. The van der Waals surface area contributed by atoms with E-state index < -0.39 is 0 Å². The molecule has 0 fully saturated rings. The van der Waals surface area contributed by atoms with Crippen molar-refractivity contribution in [3.05, 3.63) is 89.0 Å². The zero-order valence-corrected chi connectivity index (χ0v) is 19.0. The quantitative estimate of drug-likeness (QED) is 0.596. The first-order valence-electron chi connectivity index (χ1n) is 11.1. The van der Waals surface area contributed by atoms with Crippen LogP contribution in [-0.4, -0.2) is 38.1 Å². The van der Waals surface area contributed by atoms with Crippen LogP contribution < -0.4 is 19.7 Å². The number of rotatable bonds is 7. The summed E-state index contributed by atoms with van der Waals surface area (Å²) >= 11 is 0. The van der Waals surface area contributed by atoms with Crippen molar-refractivity contribution in [1.82, 2.24) is 5.32 Å². The van der Waals surface area contributed by atoms with Gasteiger partial charge in [0.1, 0.15) is 19.8 Å². The van der Waals surface area contributed by atoms with E-state index in [1.165, 1.54) is 4.90 Å². The van der Waals surface area contributed by atoms with Gasteiger partial charge in [-0.05, 0) is 55.7 Å². The van der Waals surface area contributed by atoms with Crippen molar-refractivity contribution < 1.29 is 19.1 Å². The number of hydrogen-bond donors (Lipinski definition) is 1. The number of fused-ring (bicyclic) bond motifs is 1. The van der Waals surface area contributed by atoms with E-state index in [0.29, 0.717) is 42.5 Å². The average Bonchev–Trinajstić information content (AvgIpc) is 2.83. The standard InChI is InChI=1S/C27H28N2O4/c1-19-8-10-23(20(2)16-19)29(18-26(30)28-13-12-21-6-4-3-5-7-21)27(31)22-9-11-24-25(17-22)33-15-14-32-24/h3-11,16-17H,12-15,18H2,1-2H3,(H,28,30). The van der Waals surface area contributed by atoms with Crippen molar-refractivity contribution in [3.63, 3.8) is 0 Å². The molecule has 6 nitrogen and oxygen atoms in total. The Kier molecular flexibility index (Phi) is 6.93. The fourth-order valence-electron chi connectivity index (χ4n) is 3.90. The molecule has 1 aliphatic heterocycles. The highest BCUT2D eigenvalue weighted by Gasteiger charge is 2.24. The Morgan fingerprint density at radius 2 is 1.67 bits per heavy atom. The van der Waals surface area contributed by atoms with Gasteiger partial charge in [0, 0.05) is 17.8 Å². The van der Waals surface area contributed by atoms with Crippen LogP contribution >= 0.6 is 0 Å². The third-order valence-corrected chi connectivity index (χ3v) is 5.56. The second-order valence-corrected chi connectivity index (χ2v) is 8.13. The highest BCUT2D eigenvalue weighted by atomic mass is 16.6. The van der Waals surface area contributed by atoms with Gasteiger partial charge in [0.25, 0.3) is 5.91 Å². The highest BCUT2D eigenvalue weighted by Crippen LogP contribution is 2.32. The van der Waals surface area contributed by atoms with E-state index in [1.54, 1.807) is 18.2 Å². The Bertz CT molecular complexity index is 1140. The summed E-state index contributed by atoms with van der Waals surface area (Å²) in [5.41, 5.74) is 4.32. The largest absolute Gasteiger partial charge is 0.486 e. The minimum atomic E-state index is -0.267. The van der Waals surface area contributed by atoms with Crippen molar-refractivity contribution >= 4 is 17.5 Å². The molecule has 0 unspecified atom stereocenters. The van der Waals surface area contributed by atoms with E-state index in [2.05, 4.69) is 5.32 Å². The summed E-state index contributed by atoms with van der Waals surface area (Å²) in [6.07, 6.45) is 0.728. The maximum Gasteiger partial charge on any atom is 0.258 e. The van der Waals surface area contributed by atoms with E-state index in [-0.39, 0.29) is 18.4 Å². The van der Waals surface area contributed by atoms with E-state index in [4.69, 9.17) is 9.47 Å². The van der Waals surface area contributed by atoms with Crippen molar-refractivity contribution in [2.45, 2.75) is 20.3 Å². The van der Waals surface area contributed by atoms with Crippen LogP contribution in [0.1, 0.15) is 27.0 Å². The maximum atomic E-state index is 13.5. The molecule has 33 heavy (non-hydrogen) atoms. The van der Waals surface area contributed by atoms with E-state index in [1.807, 2.05) is 62.4 Å². The van der Waals surface area contributed by atoms with Crippen LogP contribution in [0.4, 0.5) is 5.69 Å². The van der Waals surface area contributed by atoms with Crippen LogP contribution in [0, 0.1) is 13.8 Å².